The van der Waals surface area contributed by atoms with Gasteiger partial charge in [-0.1, -0.05) is 29.8 Å². The summed E-state index contributed by atoms with van der Waals surface area (Å²) in [6.45, 7) is 3.21. The Kier molecular flexibility index (Phi) is 4.37. The van der Waals surface area contributed by atoms with Crippen LogP contribution in [0.2, 0.25) is 5.02 Å². The lowest BCUT2D eigenvalue weighted by Gasteiger charge is -2.06. The van der Waals surface area contributed by atoms with Crippen LogP contribution < -0.4 is 0 Å². The van der Waals surface area contributed by atoms with E-state index in [2.05, 4.69) is 6.58 Å². The van der Waals surface area contributed by atoms with Crippen molar-refractivity contribution in [3.05, 3.63) is 40.1 Å². The van der Waals surface area contributed by atoms with Crippen molar-refractivity contribution >= 4 is 39.0 Å². The molecule has 0 unspecified atom stereocenters. The molecule has 1 aromatic carbocycles. The molecule has 0 atom stereocenters. The van der Waals surface area contributed by atoms with Gasteiger partial charge < -0.3 is 5.11 Å². The molecule has 0 saturated heterocycles. The predicted molar refractivity (Wildman–Crippen MR) is 65.4 cm³/mol. The van der Waals surface area contributed by atoms with Gasteiger partial charge in [-0.2, -0.15) is 0 Å². The summed E-state index contributed by atoms with van der Waals surface area (Å²) >= 11 is 10.8. The third kappa shape index (κ3) is 3.22. The standard InChI is InChI=1S/C10H7Cl2FO4S/c1-5(11)4-18(16,17)6-2-7(10(14)15)9(12)8(13)3-6/h2-3H,1,4H2,(H,14,15). The highest BCUT2D eigenvalue weighted by Crippen LogP contribution is 2.26. The molecule has 0 aliphatic heterocycles. The molecule has 0 aromatic heterocycles. The van der Waals surface area contributed by atoms with Gasteiger partial charge in [0.05, 0.1) is 21.2 Å². The maximum atomic E-state index is 13.4. The SMILES string of the molecule is C=C(Cl)CS(=O)(=O)c1cc(F)c(Cl)c(C(=O)O)c1. The molecule has 0 aliphatic rings. The van der Waals surface area contributed by atoms with E-state index in [9.17, 15) is 17.6 Å². The maximum absolute atomic E-state index is 13.4. The number of aromatic carboxylic acids is 1. The van der Waals surface area contributed by atoms with E-state index in [0.717, 1.165) is 6.07 Å². The number of rotatable bonds is 4. The van der Waals surface area contributed by atoms with Crippen LogP contribution in [-0.2, 0) is 9.84 Å². The molecule has 0 heterocycles. The predicted octanol–water partition coefficient (Wildman–Crippen LogP) is 2.70. The van der Waals surface area contributed by atoms with Crippen molar-refractivity contribution in [1.29, 1.82) is 0 Å². The first-order chi connectivity index (χ1) is 8.15. The van der Waals surface area contributed by atoms with Crippen molar-refractivity contribution in [2.45, 2.75) is 4.90 Å². The summed E-state index contributed by atoms with van der Waals surface area (Å²) in [6.07, 6.45) is 0. The van der Waals surface area contributed by atoms with Crippen LogP contribution in [0.15, 0.2) is 28.6 Å². The molecule has 0 saturated carbocycles. The fourth-order valence-corrected chi connectivity index (χ4v) is 2.97. The van der Waals surface area contributed by atoms with Crippen LogP contribution in [0.25, 0.3) is 0 Å². The lowest BCUT2D eigenvalue weighted by atomic mass is 10.2. The first-order valence-corrected chi connectivity index (χ1v) is 6.84. The number of hydrogen-bond donors (Lipinski definition) is 1. The summed E-state index contributed by atoms with van der Waals surface area (Å²) in [5, 5.41) is 7.96. The zero-order chi connectivity index (χ0) is 14.1. The van der Waals surface area contributed by atoms with Crippen LogP contribution in [0.1, 0.15) is 10.4 Å². The molecular formula is C10H7Cl2FO4S. The third-order valence-corrected chi connectivity index (χ3v) is 4.30. The molecule has 1 aromatic rings. The summed E-state index contributed by atoms with van der Waals surface area (Å²) in [5.74, 6) is -3.27. The molecular weight excluding hydrogens is 306 g/mol. The second-order valence-corrected chi connectivity index (χ2v) is 6.25. The van der Waals surface area contributed by atoms with Crippen molar-refractivity contribution in [1.82, 2.24) is 0 Å². The van der Waals surface area contributed by atoms with Gasteiger partial charge in [0, 0.05) is 5.03 Å². The largest absolute Gasteiger partial charge is 0.478 e. The first-order valence-electron chi connectivity index (χ1n) is 4.43. The van der Waals surface area contributed by atoms with Crippen LogP contribution in [-0.4, -0.2) is 25.2 Å². The normalized spacial score (nSPS) is 11.3. The minimum absolute atomic E-state index is 0.165. The quantitative estimate of drug-likeness (QED) is 0.928. The molecule has 0 amide bonds. The van der Waals surface area contributed by atoms with Crippen molar-refractivity contribution in [2.75, 3.05) is 5.75 Å². The van der Waals surface area contributed by atoms with Crippen LogP contribution in [0.5, 0.6) is 0 Å². The van der Waals surface area contributed by atoms with Gasteiger partial charge in [-0.25, -0.2) is 17.6 Å². The Balaban J connectivity index is 3.45. The summed E-state index contributed by atoms with van der Waals surface area (Å²) in [6, 6.07) is 1.42. The highest BCUT2D eigenvalue weighted by atomic mass is 35.5. The maximum Gasteiger partial charge on any atom is 0.337 e. The number of carboxylic acid groups (broad SMARTS) is 1. The lowest BCUT2D eigenvalue weighted by molar-refractivity contribution is 0.0696. The number of carboxylic acids is 1. The Morgan fingerprint density at radius 1 is 1.44 bits per heavy atom. The van der Waals surface area contributed by atoms with Crippen LogP contribution in [0.3, 0.4) is 0 Å². The Morgan fingerprint density at radius 2 is 2.00 bits per heavy atom. The van der Waals surface area contributed by atoms with Gasteiger partial charge in [0.25, 0.3) is 0 Å². The summed E-state index contributed by atoms with van der Waals surface area (Å²) in [5.41, 5.74) is -0.629. The van der Waals surface area contributed by atoms with Gasteiger partial charge in [-0.05, 0) is 12.1 Å². The van der Waals surface area contributed by atoms with Gasteiger partial charge in [0.1, 0.15) is 5.82 Å². The Bertz CT molecular complexity index is 625. The molecule has 0 bridgehead atoms. The highest BCUT2D eigenvalue weighted by Gasteiger charge is 2.22. The molecule has 18 heavy (non-hydrogen) atoms. The number of hydrogen-bond acceptors (Lipinski definition) is 3. The number of carbonyl (C=O) groups is 1. The fourth-order valence-electron chi connectivity index (χ4n) is 1.19. The summed E-state index contributed by atoms with van der Waals surface area (Å²) < 4.78 is 36.8. The molecule has 1 N–H and O–H groups in total. The molecule has 0 radical (unpaired) electrons. The zero-order valence-corrected chi connectivity index (χ0v) is 11.1. The van der Waals surface area contributed by atoms with E-state index in [1.165, 1.54) is 0 Å². The topological polar surface area (TPSA) is 71.4 Å². The summed E-state index contributed by atoms with van der Waals surface area (Å²) in [4.78, 5) is 10.3. The van der Waals surface area contributed by atoms with Crippen LogP contribution in [0, 0.1) is 5.82 Å². The van der Waals surface area contributed by atoms with Crippen molar-refractivity contribution in [3.8, 4) is 0 Å². The van der Waals surface area contributed by atoms with Crippen LogP contribution >= 0.6 is 23.2 Å². The molecule has 0 fully saturated rings. The Hall–Kier alpha value is -1.11. The minimum Gasteiger partial charge on any atom is -0.478 e. The number of halogens is 3. The highest BCUT2D eigenvalue weighted by molar-refractivity contribution is 7.91. The molecule has 1 rings (SSSR count). The minimum atomic E-state index is -3.95. The molecule has 8 heteroatoms. The zero-order valence-electron chi connectivity index (χ0n) is 8.78. The smallest absolute Gasteiger partial charge is 0.337 e. The van der Waals surface area contributed by atoms with E-state index in [1.807, 2.05) is 0 Å². The van der Waals surface area contributed by atoms with E-state index >= 15 is 0 Å². The average Bonchev–Trinajstić information content (AvgIpc) is 2.19. The van der Waals surface area contributed by atoms with Gasteiger partial charge in [-0.15, -0.1) is 0 Å². The number of benzene rings is 1. The average molecular weight is 313 g/mol. The van der Waals surface area contributed by atoms with E-state index in [4.69, 9.17) is 28.3 Å². The van der Waals surface area contributed by atoms with Crippen molar-refractivity contribution in [3.63, 3.8) is 0 Å². The monoisotopic (exact) mass is 312 g/mol. The first kappa shape index (κ1) is 14.9. The van der Waals surface area contributed by atoms with Gasteiger partial charge in [-0.3, -0.25) is 0 Å². The van der Waals surface area contributed by atoms with Gasteiger partial charge in [0.2, 0.25) is 0 Å². The fraction of sp³-hybridized carbons (Fsp3) is 0.100. The summed E-state index contributed by atoms with van der Waals surface area (Å²) in [7, 11) is -3.95. The Morgan fingerprint density at radius 3 is 2.44 bits per heavy atom. The molecule has 0 spiro atoms. The molecule has 98 valence electrons. The van der Waals surface area contributed by atoms with Crippen molar-refractivity contribution < 1.29 is 22.7 Å². The Labute approximate surface area is 113 Å². The van der Waals surface area contributed by atoms with Crippen LogP contribution in [0.4, 0.5) is 4.39 Å². The van der Waals surface area contributed by atoms with Gasteiger partial charge in [0.15, 0.2) is 9.84 Å². The van der Waals surface area contributed by atoms with E-state index < -0.39 is 42.9 Å². The molecule has 0 aliphatic carbocycles. The second-order valence-electron chi connectivity index (χ2n) is 3.35. The lowest BCUT2D eigenvalue weighted by Crippen LogP contribution is -2.09. The van der Waals surface area contributed by atoms with E-state index in [1.54, 1.807) is 0 Å². The van der Waals surface area contributed by atoms with Gasteiger partial charge >= 0.3 is 5.97 Å². The number of sulfone groups is 1. The third-order valence-electron chi connectivity index (χ3n) is 1.94. The van der Waals surface area contributed by atoms with E-state index in [-0.39, 0.29) is 5.03 Å². The second kappa shape index (κ2) is 5.26. The van der Waals surface area contributed by atoms with E-state index in [0.29, 0.717) is 6.07 Å². The van der Waals surface area contributed by atoms with Crippen molar-refractivity contribution in [2.24, 2.45) is 0 Å². The molecule has 4 nitrogen and oxygen atoms in total.